The van der Waals surface area contributed by atoms with Crippen molar-refractivity contribution in [3.8, 4) is 0 Å². The molecule has 0 aliphatic heterocycles. The molecule has 2 unspecified atom stereocenters. The van der Waals surface area contributed by atoms with Gasteiger partial charge < -0.3 is 15.0 Å². The molecule has 0 aromatic carbocycles. The second-order valence-electron chi connectivity index (χ2n) is 4.98. The van der Waals surface area contributed by atoms with Crippen LogP contribution in [-0.4, -0.2) is 32.2 Å². The Bertz CT molecular complexity index is 673. The minimum Gasteiger partial charge on any atom is -0.480 e. The van der Waals surface area contributed by atoms with Gasteiger partial charge in [-0.2, -0.15) is 0 Å². The number of carbonyl (C=O) groups excluding carboxylic acids is 1. The van der Waals surface area contributed by atoms with E-state index in [0.717, 1.165) is 15.3 Å². The standard InChI is InChI=1S/C13H19N3O5/c1-5-7(2)9(12(19)20)14-10(17)8-6-15(3)13(21)16(4)11(8)18/h6-7,9H,5H2,1-4H3,(H,14,17)(H,19,20). The number of carbonyl (C=O) groups is 2. The molecule has 0 spiro atoms. The molecular formula is C13H19N3O5. The van der Waals surface area contributed by atoms with E-state index in [9.17, 15) is 19.2 Å². The van der Waals surface area contributed by atoms with Crippen molar-refractivity contribution in [2.24, 2.45) is 20.0 Å². The second kappa shape index (κ2) is 6.38. The van der Waals surface area contributed by atoms with Gasteiger partial charge in [0.15, 0.2) is 0 Å². The summed E-state index contributed by atoms with van der Waals surface area (Å²) in [6.07, 6.45) is 1.66. The van der Waals surface area contributed by atoms with Crippen LogP contribution in [0.25, 0.3) is 0 Å². The molecule has 8 heteroatoms. The number of carboxylic acids is 1. The van der Waals surface area contributed by atoms with Gasteiger partial charge in [-0.25, -0.2) is 9.59 Å². The molecule has 116 valence electrons. The summed E-state index contributed by atoms with van der Waals surface area (Å²) in [5.41, 5.74) is -1.59. The first-order valence-electron chi connectivity index (χ1n) is 6.51. The SMILES string of the molecule is CCC(C)C(NC(=O)c1cn(C)c(=O)n(C)c1=O)C(=O)O. The van der Waals surface area contributed by atoms with E-state index in [1.807, 2.05) is 0 Å². The van der Waals surface area contributed by atoms with Gasteiger partial charge >= 0.3 is 11.7 Å². The Labute approximate surface area is 121 Å². The molecule has 0 fully saturated rings. The van der Waals surface area contributed by atoms with E-state index in [0.29, 0.717) is 6.42 Å². The van der Waals surface area contributed by atoms with Gasteiger partial charge in [0, 0.05) is 20.3 Å². The van der Waals surface area contributed by atoms with Crippen molar-refractivity contribution >= 4 is 11.9 Å². The van der Waals surface area contributed by atoms with Gasteiger partial charge in [0.25, 0.3) is 11.5 Å². The average Bonchev–Trinajstić information content (AvgIpc) is 2.44. The number of amides is 1. The van der Waals surface area contributed by atoms with Crippen LogP contribution < -0.4 is 16.6 Å². The molecule has 0 saturated heterocycles. The average molecular weight is 297 g/mol. The first kappa shape index (κ1) is 16.7. The number of carboxylic acid groups (broad SMARTS) is 1. The van der Waals surface area contributed by atoms with Gasteiger partial charge in [-0.3, -0.25) is 14.2 Å². The molecule has 0 radical (unpaired) electrons. The molecule has 8 nitrogen and oxygen atoms in total. The van der Waals surface area contributed by atoms with Gasteiger partial charge in [-0.05, 0) is 5.92 Å². The van der Waals surface area contributed by atoms with Crippen LogP contribution in [0.15, 0.2) is 15.8 Å². The summed E-state index contributed by atoms with van der Waals surface area (Å²) < 4.78 is 1.89. The quantitative estimate of drug-likeness (QED) is 0.747. The van der Waals surface area contributed by atoms with Crippen LogP contribution in [0.1, 0.15) is 30.6 Å². The summed E-state index contributed by atoms with van der Waals surface area (Å²) in [5, 5.41) is 11.5. The Morgan fingerprint density at radius 3 is 2.38 bits per heavy atom. The van der Waals surface area contributed by atoms with Gasteiger partial charge in [0.1, 0.15) is 11.6 Å². The topological polar surface area (TPSA) is 110 Å². The molecule has 0 saturated carbocycles. The van der Waals surface area contributed by atoms with E-state index in [4.69, 9.17) is 5.11 Å². The number of aromatic nitrogens is 2. The van der Waals surface area contributed by atoms with Crippen LogP contribution in [0.2, 0.25) is 0 Å². The Morgan fingerprint density at radius 1 is 1.33 bits per heavy atom. The number of hydrogen-bond donors (Lipinski definition) is 2. The van der Waals surface area contributed by atoms with Crippen molar-refractivity contribution in [2.75, 3.05) is 0 Å². The predicted octanol–water partition coefficient (Wildman–Crippen LogP) is -0.687. The summed E-state index contributed by atoms with van der Waals surface area (Å²) >= 11 is 0. The fraction of sp³-hybridized carbons (Fsp3) is 0.538. The molecule has 21 heavy (non-hydrogen) atoms. The molecular weight excluding hydrogens is 278 g/mol. The number of nitrogens with zero attached hydrogens (tertiary/aromatic N) is 2. The molecule has 1 amide bonds. The van der Waals surface area contributed by atoms with Gasteiger partial charge in [-0.15, -0.1) is 0 Å². The highest BCUT2D eigenvalue weighted by Crippen LogP contribution is 2.08. The summed E-state index contributed by atoms with van der Waals surface area (Å²) in [4.78, 5) is 46.8. The summed E-state index contributed by atoms with van der Waals surface area (Å²) in [6, 6.07) is -1.09. The zero-order chi connectivity index (χ0) is 16.3. The maximum absolute atomic E-state index is 12.1. The number of aryl methyl sites for hydroxylation is 1. The van der Waals surface area contributed by atoms with Crippen LogP contribution >= 0.6 is 0 Å². The monoisotopic (exact) mass is 297 g/mol. The van der Waals surface area contributed by atoms with Crippen LogP contribution in [0, 0.1) is 5.92 Å². The zero-order valence-electron chi connectivity index (χ0n) is 12.4. The van der Waals surface area contributed by atoms with E-state index in [2.05, 4.69) is 5.32 Å². The molecule has 1 rings (SSSR count). The fourth-order valence-electron chi connectivity index (χ4n) is 1.87. The maximum Gasteiger partial charge on any atom is 0.330 e. The smallest absolute Gasteiger partial charge is 0.330 e. The molecule has 2 atom stereocenters. The first-order chi connectivity index (χ1) is 9.70. The third-order valence-electron chi connectivity index (χ3n) is 3.46. The van der Waals surface area contributed by atoms with Crippen molar-refractivity contribution in [2.45, 2.75) is 26.3 Å². The first-order valence-corrected chi connectivity index (χ1v) is 6.51. The van der Waals surface area contributed by atoms with Crippen molar-refractivity contribution in [1.82, 2.24) is 14.5 Å². The van der Waals surface area contributed by atoms with Gasteiger partial charge in [-0.1, -0.05) is 20.3 Å². The molecule has 0 bridgehead atoms. The molecule has 0 aliphatic rings. The molecule has 1 aromatic rings. The van der Waals surface area contributed by atoms with E-state index < -0.39 is 29.2 Å². The van der Waals surface area contributed by atoms with Crippen molar-refractivity contribution in [3.63, 3.8) is 0 Å². The lowest BCUT2D eigenvalue weighted by Gasteiger charge is -2.20. The third-order valence-corrected chi connectivity index (χ3v) is 3.46. The van der Waals surface area contributed by atoms with Crippen LogP contribution in [-0.2, 0) is 18.9 Å². The van der Waals surface area contributed by atoms with Gasteiger partial charge in [0.05, 0.1) is 0 Å². The van der Waals surface area contributed by atoms with E-state index in [1.165, 1.54) is 14.1 Å². The van der Waals surface area contributed by atoms with Crippen molar-refractivity contribution in [3.05, 3.63) is 32.6 Å². The minimum atomic E-state index is -1.17. The van der Waals surface area contributed by atoms with E-state index in [1.54, 1.807) is 13.8 Å². The summed E-state index contributed by atoms with van der Waals surface area (Å²) in [6.45, 7) is 3.50. The number of nitrogens with one attached hydrogen (secondary N) is 1. The van der Waals surface area contributed by atoms with Crippen molar-refractivity contribution < 1.29 is 14.7 Å². The fourth-order valence-corrected chi connectivity index (χ4v) is 1.87. The largest absolute Gasteiger partial charge is 0.480 e. The van der Waals surface area contributed by atoms with Crippen LogP contribution in [0.4, 0.5) is 0 Å². The predicted molar refractivity (Wildman–Crippen MR) is 75.3 cm³/mol. The highest BCUT2D eigenvalue weighted by atomic mass is 16.4. The van der Waals surface area contributed by atoms with E-state index in [-0.39, 0.29) is 11.5 Å². The Hall–Kier alpha value is -2.38. The zero-order valence-corrected chi connectivity index (χ0v) is 12.4. The lowest BCUT2D eigenvalue weighted by atomic mass is 9.99. The maximum atomic E-state index is 12.1. The highest BCUT2D eigenvalue weighted by Gasteiger charge is 2.27. The Balaban J connectivity index is 3.18. The second-order valence-corrected chi connectivity index (χ2v) is 4.98. The van der Waals surface area contributed by atoms with E-state index >= 15 is 0 Å². The Morgan fingerprint density at radius 2 is 1.90 bits per heavy atom. The minimum absolute atomic E-state index is 0.269. The number of aliphatic carboxylic acids is 1. The third kappa shape index (κ3) is 3.39. The van der Waals surface area contributed by atoms with Crippen LogP contribution in [0.3, 0.4) is 0 Å². The number of rotatable bonds is 5. The number of hydrogen-bond acceptors (Lipinski definition) is 4. The summed E-state index contributed by atoms with van der Waals surface area (Å²) in [7, 11) is 2.66. The van der Waals surface area contributed by atoms with Crippen LogP contribution in [0.5, 0.6) is 0 Å². The van der Waals surface area contributed by atoms with Gasteiger partial charge in [0.2, 0.25) is 0 Å². The molecule has 0 aliphatic carbocycles. The highest BCUT2D eigenvalue weighted by molar-refractivity contribution is 5.96. The summed E-state index contributed by atoms with van der Waals surface area (Å²) in [5.74, 6) is -2.26. The molecule has 1 heterocycles. The normalized spacial score (nSPS) is 13.5. The van der Waals surface area contributed by atoms with Crippen molar-refractivity contribution in [1.29, 1.82) is 0 Å². The lowest BCUT2D eigenvalue weighted by molar-refractivity contribution is -0.140. The Kier molecular flexibility index (Phi) is 5.07. The molecule has 2 N–H and O–H groups in total. The lowest BCUT2D eigenvalue weighted by Crippen LogP contribution is -2.48. The molecule has 1 aromatic heterocycles.